The lowest BCUT2D eigenvalue weighted by Crippen LogP contribution is -2.01. The van der Waals surface area contributed by atoms with Gasteiger partial charge in [-0.05, 0) is 53.6 Å². The van der Waals surface area contributed by atoms with Crippen LogP contribution in [0.5, 0.6) is 0 Å². The van der Waals surface area contributed by atoms with Crippen LogP contribution in [0.25, 0.3) is 89.0 Å². The number of benzene rings is 7. The summed E-state index contributed by atoms with van der Waals surface area (Å²) < 4.78 is 4.82. The zero-order valence-corrected chi connectivity index (χ0v) is 28.4. The van der Waals surface area contributed by atoms with Gasteiger partial charge >= 0.3 is 0 Å². The zero-order valence-electron chi connectivity index (χ0n) is 28.4. The van der Waals surface area contributed by atoms with Crippen LogP contribution in [0.1, 0.15) is 0 Å². The topological polar surface area (TPSA) is 22.8 Å². The minimum absolute atomic E-state index is 0.934. The highest BCUT2D eigenvalue weighted by Gasteiger charge is 2.23. The predicted octanol–water partition coefficient (Wildman–Crippen LogP) is 12.8. The summed E-state index contributed by atoms with van der Waals surface area (Å²) in [7, 11) is 0. The van der Waals surface area contributed by atoms with Gasteiger partial charge in [0.2, 0.25) is 0 Å². The minimum atomic E-state index is 0.934. The van der Waals surface area contributed by atoms with Crippen molar-refractivity contribution >= 4 is 32.7 Å². The monoisotopic (exact) mass is 663 g/mol. The Balaban J connectivity index is 1.25. The molecule has 0 fully saturated rings. The summed E-state index contributed by atoms with van der Waals surface area (Å²) in [5.74, 6) is 0. The Morgan fingerprint density at radius 2 is 0.731 bits per heavy atom. The molecule has 3 aromatic heterocycles. The number of fused-ring (bicyclic) bond motifs is 4. The fourth-order valence-corrected chi connectivity index (χ4v) is 7.81. The molecule has 0 N–H and O–H groups in total. The van der Waals surface area contributed by atoms with E-state index in [9.17, 15) is 0 Å². The first-order chi connectivity index (χ1) is 25.8. The van der Waals surface area contributed by atoms with E-state index in [1.165, 1.54) is 38.3 Å². The van der Waals surface area contributed by atoms with Crippen LogP contribution in [0.15, 0.2) is 200 Å². The van der Waals surface area contributed by atoms with Gasteiger partial charge in [-0.25, -0.2) is 4.98 Å². The summed E-state index contributed by atoms with van der Waals surface area (Å²) in [6.45, 7) is 0. The molecule has 0 amide bonds. The van der Waals surface area contributed by atoms with Crippen LogP contribution in [0.4, 0.5) is 0 Å². The number of rotatable bonds is 6. The number of nitrogens with zero attached hydrogens (tertiary/aromatic N) is 3. The Morgan fingerprint density at radius 1 is 0.308 bits per heavy atom. The minimum Gasteiger partial charge on any atom is -0.309 e. The molecule has 0 saturated carbocycles. The molecule has 10 aromatic rings. The number of aromatic nitrogens is 3. The van der Waals surface area contributed by atoms with Crippen molar-refractivity contribution in [3.8, 4) is 56.3 Å². The van der Waals surface area contributed by atoms with Crippen LogP contribution < -0.4 is 0 Å². The highest BCUT2D eigenvalue weighted by molar-refractivity contribution is 6.09. The third kappa shape index (κ3) is 4.94. The maximum absolute atomic E-state index is 5.22. The van der Waals surface area contributed by atoms with E-state index in [0.29, 0.717) is 0 Å². The average Bonchev–Trinajstić information content (AvgIpc) is 3.75. The van der Waals surface area contributed by atoms with Gasteiger partial charge < -0.3 is 9.13 Å². The van der Waals surface area contributed by atoms with E-state index >= 15 is 0 Å². The largest absolute Gasteiger partial charge is 0.309 e. The van der Waals surface area contributed by atoms with Crippen molar-refractivity contribution in [1.82, 2.24) is 14.1 Å². The molecule has 52 heavy (non-hydrogen) atoms. The van der Waals surface area contributed by atoms with E-state index in [-0.39, 0.29) is 0 Å². The standard InChI is InChI=1S/C49H33N3/c1-4-16-34(17-5-1)43-32-39(33-44(50-43)35-18-6-2-7-19-35)52-47-27-15-12-24-42(47)48(36-20-8-3-9-21-36)49(52)37-28-30-38(31-29-37)51-45-25-13-10-22-40(45)41-23-11-14-26-46(41)51/h1-33H. The van der Waals surface area contributed by atoms with E-state index in [1.54, 1.807) is 0 Å². The molecule has 0 radical (unpaired) electrons. The van der Waals surface area contributed by atoms with Gasteiger partial charge in [-0.3, -0.25) is 0 Å². The summed E-state index contributed by atoms with van der Waals surface area (Å²) in [4.78, 5) is 5.22. The van der Waals surface area contributed by atoms with E-state index in [1.807, 2.05) is 0 Å². The van der Waals surface area contributed by atoms with Crippen LogP contribution >= 0.6 is 0 Å². The van der Waals surface area contributed by atoms with Crippen molar-refractivity contribution in [2.75, 3.05) is 0 Å². The first-order valence-corrected chi connectivity index (χ1v) is 17.7. The fourth-order valence-electron chi connectivity index (χ4n) is 7.81. The fraction of sp³-hybridized carbons (Fsp3) is 0. The highest BCUT2D eigenvalue weighted by atomic mass is 15.0. The molecule has 0 unspecified atom stereocenters. The Kier molecular flexibility index (Phi) is 7.14. The van der Waals surface area contributed by atoms with Crippen molar-refractivity contribution in [1.29, 1.82) is 0 Å². The number of pyridine rings is 1. The molecule has 0 aliphatic heterocycles. The van der Waals surface area contributed by atoms with Gasteiger partial charge in [0.25, 0.3) is 0 Å². The molecular weight excluding hydrogens is 631 g/mol. The summed E-state index contributed by atoms with van der Waals surface area (Å²) in [6.07, 6.45) is 0. The summed E-state index contributed by atoms with van der Waals surface area (Å²) in [6, 6.07) is 71.5. The van der Waals surface area contributed by atoms with Crippen LogP contribution in [0, 0.1) is 0 Å². The second-order valence-electron chi connectivity index (χ2n) is 13.2. The van der Waals surface area contributed by atoms with Gasteiger partial charge in [0, 0.05) is 38.5 Å². The van der Waals surface area contributed by atoms with Gasteiger partial charge in [0.1, 0.15) is 0 Å². The second kappa shape index (κ2) is 12.4. The summed E-state index contributed by atoms with van der Waals surface area (Å²) >= 11 is 0. The molecule has 10 rings (SSSR count). The Morgan fingerprint density at radius 3 is 1.25 bits per heavy atom. The number of para-hydroxylation sites is 3. The van der Waals surface area contributed by atoms with Crippen molar-refractivity contribution in [2.24, 2.45) is 0 Å². The Labute approximate surface area is 302 Å². The SMILES string of the molecule is c1ccc(-c2cc(-n3c(-c4ccc(-n5c6ccccc6c6ccccc65)cc4)c(-c4ccccc4)c4ccccc43)cc(-c3ccccc3)n2)cc1. The van der Waals surface area contributed by atoms with E-state index in [0.717, 1.165) is 50.7 Å². The Hall–Kier alpha value is -6.97. The molecule has 0 bridgehead atoms. The lowest BCUT2D eigenvalue weighted by Gasteiger charge is -2.17. The third-order valence-corrected chi connectivity index (χ3v) is 10.1. The van der Waals surface area contributed by atoms with Gasteiger partial charge in [-0.1, -0.05) is 158 Å². The molecular formula is C49H33N3. The van der Waals surface area contributed by atoms with Gasteiger partial charge in [-0.2, -0.15) is 0 Å². The maximum Gasteiger partial charge on any atom is 0.0730 e. The molecule has 0 saturated heterocycles. The second-order valence-corrected chi connectivity index (χ2v) is 13.2. The van der Waals surface area contributed by atoms with Crippen molar-refractivity contribution in [3.63, 3.8) is 0 Å². The highest BCUT2D eigenvalue weighted by Crippen LogP contribution is 2.44. The van der Waals surface area contributed by atoms with Crippen molar-refractivity contribution < 1.29 is 0 Å². The van der Waals surface area contributed by atoms with Crippen LogP contribution in [-0.2, 0) is 0 Å². The summed E-state index contributed by atoms with van der Waals surface area (Å²) in [5.41, 5.74) is 14.4. The lowest BCUT2D eigenvalue weighted by molar-refractivity contribution is 1.12. The smallest absolute Gasteiger partial charge is 0.0730 e. The quantitative estimate of drug-likeness (QED) is 0.174. The molecule has 7 aromatic carbocycles. The van der Waals surface area contributed by atoms with Gasteiger partial charge in [-0.15, -0.1) is 0 Å². The molecule has 0 spiro atoms. The van der Waals surface area contributed by atoms with Gasteiger partial charge in [0.05, 0.1) is 39.3 Å². The van der Waals surface area contributed by atoms with Crippen molar-refractivity contribution in [2.45, 2.75) is 0 Å². The van der Waals surface area contributed by atoms with E-state index < -0.39 is 0 Å². The first-order valence-electron chi connectivity index (χ1n) is 17.7. The van der Waals surface area contributed by atoms with E-state index in [2.05, 4.69) is 209 Å². The predicted molar refractivity (Wildman–Crippen MR) is 217 cm³/mol. The van der Waals surface area contributed by atoms with Crippen LogP contribution in [-0.4, -0.2) is 14.1 Å². The molecule has 3 heterocycles. The molecule has 244 valence electrons. The lowest BCUT2D eigenvalue weighted by atomic mass is 9.98. The molecule has 0 aliphatic rings. The first kappa shape index (κ1) is 29.9. The molecule has 0 atom stereocenters. The molecule has 3 heteroatoms. The zero-order chi connectivity index (χ0) is 34.4. The maximum atomic E-state index is 5.22. The molecule has 0 aliphatic carbocycles. The van der Waals surface area contributed by atoms with Crippen LogP contribution in [0.3, 0.4) is 0 Å². The van der Waals surface area contributed by atoms with Gasteiger partial charge in [0.15, 0.2) is 0 Å². The third-order valence-electron chi connectivity index (χ3n) is 10.1. The number of hydrogen-bond acceptors (Lipinski definition) is 1. The number of hydrogen-bond donors (Lipinski definition) is 0. The van der Waals surface area contributed by atoms with E-state index in [4.69, 9.17) is 4.98 Å². The average molecular weight is 664 g/mol. The summed E-state index contributed by atoms with van der Waals surface area (Å²) in [5, 5.41) is 3.72. The molecule has 3 nitrogen and oxygen atoms in total. The Bertz CT molecular complexity index is 2750. The van der Waals surface area contributed by atoms with Crippen LogP contribution in [0.2, 0.25) is 0 Å². The van der Waals surface area contributed by atoms with Crippen molar-refractivity contribution in [3.05, 3.63) is 200 Å². The normalized spacial score (nSPS) is 11.5.